The first-order chi connectivity index (χ1) is 11.6. The Hall–Kier alpha value is -1.48. The van der Waals surface area contributed by atoms with Crippen LogP contribution in [-0.2, 0) is 22.4 Å². The molecule has 3 nitrogen and oxygen atoms in total. The lowest BCUT2D eigenvalue weighted by Crippen LogP contribution is -2.43. The molecule has 0 unspecified atom stereocenters. The third-order valence-electron chi connectivity index (χ3n) is 4.86. The fraction of sp³-hybridized carbons (Fsp3) is 0.619. The van der Waals surface area contributed by atoms with Gasteiger partial charge in [-0.1, -0.05) is 56.9 Å². The van der Waals surface area contributed by atoms with Crippen LogP contribution in [-0.4, -0.2) is 35.6 Å². The van der Waals surface area contributed by atoms with E-state index >= 15 is 0 Å². The van der Waals surface area contributed by atoms with E-state index in [0.29, 0.717) is 25.6 Å². The van der Waals surface area contributed by atoms with E-state index in [1.54, 1.807) is 6.92 Å². The van der Waals surface area contributed by atoms with Gasteiger partial charge in [0.1, 0.15) is 5.78 Å². The van der Waals surface area contributed by atoms with E-state index in [9.17, 15) is 9.59 Å². The second kappa shape index (κ2) is 9.73. The van der Waals surface area contributed by atoms with E-state index in [-0.39, 0.29) is 11.6 Å². The minimum atomic E-state index is 0.150. The Bertz CT molecular complexity index is 529. The van der Waals surface area contributed by atoms with Crippen LogP contribution in [0.3, 0.4) is 0 Å². The van der Waals surface area contributed by atoms with Crippen molar-refractivity contribution in [2.75, 3.05) is 13.1 Å². The summed E-state index contributed by atoms with van der Waals surface area (Å²) in [6.45, 7) is 4.60. The van der Waals surface area contributed by atoms with Crippen LogP contribution in [0.4, 0.5) is 0 Å². The van der Waals surface area contributed by atoms with Crippen LogP contribution in [0.2, 0.25) is 0 Å². The normalized spacial score (nSPS) is 15.6. The largest absolute Gasteiger partial charge is 0.299 e. The molecule has 0 atom stereocenters. The quantitative estimate of drug-likeness (QED) is 0.688. The van der Waals surface area contributed by atoms with Gasteiger partial charge in [-0.2, -0.15) is 0 Å². The first kappa shape index (κ1) is 18.9. The first-order valence-electron chi connectivity index (χ1n) is 9.41. The molecule has 0 aliphatic heterocycles. The Balaban J connectivity index is 1.92. The highest BCUT2D eigenvalue weighted by Crippen LogP contribution is 2.22. The van der Waals surface area contributed by atoms with Gasteiger partial charge in [0.25, 0.3) is 0 Å². The molecule has 1 aromatic carbocycles. The smallest absolute Gasteiger partial charge is 0.151 e. The van der Waals surface area contributed by atoms with Crippen molar-refractivity contribution in [3.63, 3.8) is 0 Å². The van der Waals surface area contributed by atoms with Crippen LogP contribution in [0, 0.1) is 0 Å². The van der Waals surface area contributed by atoms with Gasteiger partial charge in [0.15, 0.2) is 5.78 Å². The Morgan fingerprint density at radius 2 is 1.62 bits per heavy atom. The topological polar surface area (TPSA) is 37.4 Å². The van der Waals surface area contributed by atoms with Gasteiger partial charge >= 0.3 is 0 Å². The summed E-state index contributed by atoms with van der Waals surface area (Å²) in [5.41, 5.74) is 2.40. The van der Waals surface area contributed by atoms with Gasteiger partial charge in [-0.05, 0) is 37.3 Å². The number of Topliss-reactive ketones (excluding diaryl/α,β-unsaturated/α-hetero) is 2. The van der Waals surface area contributed by atoms with E-state index in [2.05, 4.69) is 36.1 Å². The zero-order chi connectivity index (χ0) is 17.4. The second-order valence-electron chi connectivity index (χ2n) is 7.18. The molecular formula is C21H31NO2. The molecule has 0 bridgehead atoms. The van der Waals surface area contributed by atoms with Crippen LogP contribution in [0.15, 0.2) is 24.3 Å². The fourth-order valence-corrected chi connectivity index (χ4v) is 3.67. The molecule has 1 aliphatic carbocycles. The summed E-state index contributed by atoms with van der Waals surface area (Å²) in [6.07, 6.45) is 8.63. The summed E-state index contributed by atoms with van der Waals surface area (Å²) in [6, 6.07) is 8.79. The summed E-state index contributed by atoms with van der Waals surface area (Å²) in [5.74, 6) is 0.363. The van der Waals surface area contributed by atoms with E-state index in [1.807, 2.05) is 0 Å². The monoisotopic (exact) mass is 329 g/mol. The van der Waals surface area contributed by atoms with Gasteiger partial charge in [0, 0.05) is 12.5 Å². The Morgan fingerprint density at radius 3 is 2.21 bits per heavy atom. The molecule has 0 heterocycles. The molecule has 0 spiro atoms. The van der Waals surface area contributed by atoms with Crippen molar-refractivity contribution in [3.05, 3.63) is 35.4 Å². The van der Waals surface area contributed by atoms with Crippen LogP contribution < -0.4 is 0 Å². The summed E-state index contributed by atoms with van der Waals surface area (Å²) in [4.78, 5) is 26.2. The molecule has 3 heteroatoms. The number of nitrogens with zero attached hydrogens (tertiary/aromatic N) is 1. The lowest BCUT2D eigenvalue weighted by Gasteiger charge is -2.33. The maximum absolute atomic E-state index is 12.5. The van der Waals surface area contributed by atoms with Gasteiger partial charge in [-0.15, -0.1) is 0 Å². The van der Waals surface area contributed by atoms with E-state index < -0.39 is 0 Å². The van der Waals surface area contributed by atoms with E-state index in [0.717, 1.165) is 31.2 Å². The van der Waals surface area contributed by atoms with E-state index in [1.165, 1.54) is 24.8 Å². The number of ketones is 2. The van der Waals surface area contributed by atoms with Crippen molar-refractivity contribution >= 4 is 11.6 Å². The summed E-state index contributed by atoms with van der Waals surface area (Å²) < 4.78 is 0. The van der Waals surface area contributed by atoms with Gasteiger partial charge in [-0.25, -0.2) is 0 Å². The SMILES string of the molecule is CCCc1ccc(CC(=O)CN(CC(C)=O)C2CCCCC2)cc1. The molecule has 0 N–H and O–H groups in total. The van der Waals surface area contributed by atoms with Crippen LogP contribution in [0.5, 0.6) is 0 Å². The summed E-state index contributed by atoms with van der Waals surface area (Å²) in [7, 11) is 0. The van der Waals surface area contributed by atoms with Crippen molar-refractivity contribution in [2.45, 2.75) is 71.3 Å². The standard InChI is InChI=1S/C21H31NO2/c1-3-7-18-10-12-19(13-11-18)14-21(24)16-22(15-17(2)23)20-8-5-4-6-9-20/h10-13,20H,3-9,14-16H2,1-2H3. The lowest BCUT2D eigenvalue weighted by atomic mass is 9.93. The van der Waals surface area contributed by atoms with E-state index in [4.69, 9.17) is 0 Å². The van der Waals surface area contributed by atoms with Crippen molar-refractivity contribution in [2.24, 2.45) is 0 Å². The zero-order valence-electron chi connectivity index (χ0n) is 15.2. The number of aryl methyl sites for hydroxylation is 1. The molecule has 1 aromatic rings. The molecule has 1 saturated carbocycles. The van der Waals surface area contributed by atoms with Gasteiger partial charge < -0.3 is 0 Å². The second-order valence-corrected chi connectivity index (χ2v) is 7.18. The number of carbonyl (C=O) groups is 2. The molecular weight excluding hydrogens is 298 g/mol. The molecule has 0 radical (unpaired) electrons. The predicted molar refractivity (Wildman–Crippen MR) is 98.3 cm³/mol. The summed E-state index contributed by atoms with van der Waals surface area (Å²) in [5, 5.41) is 0. The highest BCUT2D eigenvalue weighted by atomic mass is 16.1. The molecule has 2 rings (SSSR count). The molecule has 1 fully saturated rings. The molecule has 0 aromatic heterocycles. The third-order valence-corrected chi connectivity index (χ3v) is 4.86. The number of benzene rings is 1. The average molecular weight is 329 g/mol. The lowest BCUT2D eigenvalue weighted by molar-refractivity contribution is -0.122. The summed E-state index contributed by atoms with van der Waals surface area (Å²) >= 11 is 0. The maximum Gasteiger partial charge on any atom is 0.151 e. The number of carbonyl (C=O) groups excluding carboxylic acids is 2. The minimum Gasteiger partial charge on any atom is -0.299 e. The minimum absolute atomic E-state index is 0.150. The number of rotatable bonds is 9. The number of hydrogen-bond acceptors (Lipinski definition) is 3. The molecule has 0 saturated heterocycles. The molecule has 1 aliphatic rings. The molecule has 24 heavy (non-hydrogen) atoms. The van der Waals surface area contributed by atoms with Crippen molar-refractivity contribution in [1.29, 1.82) is 0 Å². The van der Waals surface area contributed by atoms with Crippen molar-refractivity contribution in [1.82, 2.24) is 4.90 Å². The highest BCUT2D eigenvalue weighted by molar-refractivity contribution is 5.84. The molecule has 132 valence electrons. The van der Waals surface area contributed by atoms with Gasteiger partial charge in [0.05, 0.1) is 13.1 Å². The van der Waals surface area contributed by atoms with Crippen molar-refractivity contribution < 1.29 is 9.59 Å². The highest BCUT2D eigenvalue weighted by Gasteiger charge is 2.23. The van der Waals surface area contributed by atoms with Crippen LogP contribution in [0.1, 0.15) is 63.5 Å². The Morgan fingerprint density at radius 1 is 1.00 bits per heavy atom. The molecule has 0 amide bonds. The predicted octanol–water partition coefficient (Wildman–Crippen LogP) is 3.97. The maximum atomic E-state index is 12.5. The van der Waals surface area contributed by atoms with Gasteiger partial charge in [0.2, 0.25) is 0 Å². The third kappa shape index (κ3) is 6.20. The average Bonchev–Trinajstić information content (AvgIpc) is 2.57. The Kier molecular flexibility index (Phi) is 7.64. The van der Waals surface area contributed by atoms with Crippen molar-refractivity contribution in [3.8, 4) is 0 Å². The van der Waals surface area contributed by atoms with Crippen LogP contribution in [0.25, 0.3) is 0 Å². The van der Waals surface area contributed by atoms with Crippen LogP contribution >= 0.6 is 0 Å². The van der Waals surface area contributed by atoms with Gasteiger partial charge in [-0.3, -0.25) is 14.5 Å². The number of hydrogen-bond donors (Lipinski definition) is 0. The Labute approximate surface area is 146 Å². The zero-order valence-corrected chi connectivity index (χ0v) is 15.2. The first-order valence-corrected chi connectivity index (χ1v) is 9.41. The fourth-order valence-electron chi connectivity index (χ4n) is 3.67.